The van der Waals surface area contributed by atoms with E-state index < -0.39 is 8.60 Å². The van der Waals surface area contributed by atoms with Gasteiger partial charge in [0.05, 0.1) is 19.8 Å². The Morgan fingerprint density at radius 1 is 1.27 bits per heavy atom. The zero-order valence-electron chi connectivity index (χ0n) is 5.99. The maximum Gasteiger partial charge on any atom is 0.332 e. The first kappa shape index (κ1) is 7.62. The minimum absolute atomic E-state index is 0.182. The summed E-state index contributed by atoms with van der Waals surface area (Å²) in [4.78, 5) is 10.3. The number of fused-ring (bicyclic) bond motifs is 3. The Morgan fingerprint density at radius 2 is 1.82 bits per heavy atom. The van der Waals surface area contributed by atoms with Crippen molar-refractivity contribution < 1.29 is 18.4 Å². The molecule has 5 heteroatoms. The molecule has 0 unspecified atom stereocenters. The molecule has 0 aromatic rings. The van der Waals surface area contributed by atoms with Crippen LogP contribution in [-0.2, 0) is 18.4 Å². The van der Waals surface area contributed by atoms with Gasteiger partial charge in [-0.1, -0.05) is 0 Å². The van der Waals surface area contributed by atoms with Crippen LogP contribution in [-0.4, -0.2) is 26.1 Å². The lowest BCUT2D eigenvalue weighted by Crippen LogP contribution is -2.43. The summed E-state index contributed by atoms with van der Waals surface area (Å²) in [5.74, 6) is 0. The number of carbonyl (C=O) groups excluding carboxylic acids is 1. The van der Waals surface area contributed by atoms with Crippen LogP contribution in [0, 0.1) is 5.41 Å². The van der Waals surface area contributed by atoms with Crippen LogP contribution in [0.1, 0.15) is 6.42 Å². The van der Waals surface area contributed by atoms with Crippen molar-refractivity contribution in [1.29, 1.82) is 0 Å². The van der Waals surface area contributed by atoms with Gasteiger partial charge in [0.1, 0.15) is 6.29 Å². The highest BCUT2D eigenvalue weighted by Crippen LogP contribution is 2.53. The van der Waals surface area contributed by atoms with E-state index in [1.165, 1.54) is 0 Å². The largest absolute Gasteiger partial charge is 0.332 e. The molecule has 0 saturated carbocycles. The van der Waals surface area contributed by atoms with Gasteiger partial charge < -0.3 is 18.4 Å². The average molecular weight is 176 g/mol. The van der Waals surface area contributed by atoms with Crippen molar-refractivity contribution in [1.82, 2.24) is 0 Å². The lowest BCUT2D eigenvalue weighted by atomic mass is 9.88. The lowest BCUT2D eigenvalue weighted by molar-refractivity contribution is -0.118. The molecule has 0 atom stereocenters. The Hall–Kier alpha value is -0.0200. The predicted octanol–water partition coefficient (Wildman–Crippen LogP) is 0.866. The van der Waals surface area contributed by atoms with Gasteiger partial charge in [0.25, 0.3) is 0 Å². The highest BCUT2D eigenvalue weighted by molar-refractivity contribution is 7.41. The number of hydrogen-bond donors (Lipinski definition) is 0. The van der Waals surface area contributed by atoms with E-state index in [-0.39, 0.29) is 5.41 Å². The fourth-order valence-electron chi connectivity index (χ4n) is 1.16. The average Bonchev–Trinajstić information content (AvgIpc) is 2.07. The van der Waals surface area contributed by atoms with E-state index in [1.54, 1.807) is 0 Å². The standard InChI is InChI=1S/C6H9O4P/c7-2-1-6-3-8-11(9-4-6)10-5-6/h2H,1,3-5H2. The third-order valence-corrected chi connectivity index (χ3v) is 2.96. The Labute approximate surface area is 65.8 Å². The summed E-state index contributed by atoms with van der Waals surface area (Å²) in [7, 11) is -1.06. The maximum absolute atomic E-state index is 10.3. The summed E-state index contributed by atoms with van der Waals surface area (Å²) in [6.07, 6.45) is 1.37. The van der Waals surface area contributed by atoms with Crippen molar-refractivity contribution in [3.8, 4) is 0 Å². The molecule has 0 spiro atoms. The van der Waals surface area contributed by atoms with Crippen molar-refractivity contribution in [2.45, 2.75) is 6.42 Å². The van der Waals surface area contributed by atoms with Crippen molar-refractivity contribution in [2.75, 3.05) is 19.8 Å². The summed E-state index contributed by atoms with van der Waals surface area (Å²) >= 11 is 0. The number of hydrogen-bond acceptors (Lipinski definition) is 4. The molecule has 2 bridgehead atoms. The molecule has 3 fully saturated rings. The van der Waals surface area contributed by atoms with Crippen LogP contribution < -0.4 is 0 Å². The van der Waals surface area contributed by atoms with Gasteiger partial charge in [-0.15, -0.1) is 0 Å². The molecule has 0 aromatic carbocycles. The fraction of sp³-hybridized carbons (Fsp3) is 0.833. The molecule has 0 aliphatic carbocycles. The molecular weight excluding hydrogens is 167 g/mol. The smallest absolute Gasteiger partial charge is 0.311 e. The third kappa shape index (κ3) is 1.32. The topological polar surface area (TPSA) is 44.8 Å². The second-order valence-corrected chi connectivity index (χ2v) is 4.14. The van der Waals surface area contributed by atoms with E-state index in [0.29, 0.717) is 26.2 Å². The second kappa shape index (κ2) is 2.79. The third-order valence-electron chi connectivity index (χ3n) is 1.94. The molecule has 4 nitrogen and oxygen atoms in total. The normalized spacial score (nSPS) is 42.4. The number of rotatable bonds is 2. The molecule has 11 heavy (non-hydrogen) atoms. The van der Waals surface area contributed by atoms with Gasteiger partial charge in [-0.05, 0) is 0 Å². The van der Waals surface area contributed by atoms with Gasteiger partial charge in [0.15, 0.2) is 0 Å². The van der Waals surface area contributed by atoms with Crippen LogP contribution in [0.4, 0.5) is 0 Å². The quantitative estimate of drug-likeness (QED) is 0.462. The van der Waals surface area contributed by atoms with Crippen LogP contribution in [0.3, 0.4) is 0 Å². The molecule has 3 rings (SSSR count). The van der Waals surface area contributed by atoms with Gasteiger partial charge in [0, 0.05) is 11.8 Å². The van der Waals surface area contributed by atoms with E-state index in [2.05, 4.69) is 0 Å². The van der Waals surface area contributed by atoms with Crippen molar-refractivity contribution in [2.24, 2.45) is 5.41 Å². The zero-order chi connectivity index (χ0) is 7.73. The summed E-state index contributed by atoms with van der Waals surface area (Å²) in [5, 5.41) is 0. The maximum atomic E-state index is 10.3. The molecule has 62 valence electrons. The highest BCUT2D eigenvalue weighted by Gasteiger charge is 2.44. The number of aldehydes is 1. The molecule has 3 aliphatic rings. The van der Waals surface area contributed by atoms with E-state index in [1.807, 2.05) is 0 Å². The second-order valence-electron chi connectivity index (χ2n) is 2.91. The Kier molecular flexibility index (Phi) is 1.93. The molecule has 0 amide bonds. The van der Waals surface area contributed by atoms with Crippen LogP contribution in [0.25, 0.3) is 0 Å². The molecule has 0 N–H and O–H groups in total. The summed E-state index contributed by atoms with van der Waals surface area (Å²) in [6, 6.07) is 0. The fourth-order valence-corrected chi connectivity index (χ4v) is 2.52. The minimum atomic E-state index is -1.06. The predicted molar refractivity (Wildman–Crippen MR) is 37.9 cm³/mol. The minimum Gasteiger partial charge on any atom is -0.311 e. The Bertz CT molecular complexity index is 150. The van der Waals surface area contributed by atoms with E-state index in [4.69, 9.17) is 13.6 Å². The van der Waals surface area contributed by atoms with E-state index in [9.17, 15) is 4.79 Å². The first-order chi connectivity index (χ1) is 5.35. The van der Waals surface area contributed by atoms with Gasteiger partial charge in [-0.25, -0.2) is 0 Å². The van der Waals surface area contributed by atoms with E-state index >= 15 is 0 Å². The number of carbonyl (C=O) groups is 1. The zero-order valence-corrected chi connectivity index (χ0v) is 6.88. The lowest BCUT2D eigenvalue weighted by Gasteiger charge is -2.42. The molecule has 0 radical (unpaired) electrons. The van der Waals surface area contributed by atoms with Gasteiger partial charge in [-0.3, -0.25) is 0 Å². The van der Waals surface area contributed by atoms with Crippen LogP contribution in [0.2, 0.25) is 0 Å². The van der Waals surface area contributed by atoms with Crippen LogP contribution >= 0.6 is 8.60 Å². The molecule has 3 aliphatic heterocycles. The van der Waals surface area contributed by atoms with Crippen LogP contribution in [0.15, 0.2) is 0 Å². The van der Waals surface area contributed by atoms with Crippen molar-refractivity contribution >= 4 is 14.9 Å². The van der Waals surface area contributed by atoms with Crippen molar-refractivity contribution in [3.63, 3.8) is 0 Å². The highest BCUT2D eigenvalue weighted by atomic mass is 31.2. The molecule has 3 saturated heterocycles. The summed E-state index contributed by atoms with van der Waals surface area (Å²) in [5.41, 5.74) is -0.182. The van der Waals surface area contributed by atoms with Gasteiger partial charge in [-0.2, -0.15) is 0 Å². The van der Waals surface area contributed by atoms with E-state index in [0.717, 1.165) is 6.29 Å². The summed E-state index contributed by atoms with van der Waals surface area (Å²) in [6.45, 7) is 1.83. The molecular formula is C6H9O4P. The first-order valence-corrected chi connectivity index (χ1v) is 4.57. The molecule has 3 heterocycles. The molecule has 0 aromatic heterocycles. The monoisotopic (exact) mass is 176 g/mol. The van der Waals surface area contributed by atoms with Crippen molar-refractivity contribution in [3.05, 3.63) is 0 Å². The summed E-state index contributed by atoms with van der Waals surface area (Å²) < 4.78 is 15.6. The van der Waals surface area contributed by atoms with Gasteiger partial charge >= 0.3 is 8.60 Å². The first-order valence-electron chi connectivity index (χ1n) is 3.47. The van der Waals surface area contributed by atoms with Gasteiger partial charge in [0.2, 0.25) is 0 Å². The Balaban J connectivity index is 2.05. The van der Waals surface area contributed by atoms with Crippen LogP contribution in [0.5, 0.6) is 0 Å². The Morgan fingerprint density at radius 3 is 2.27 bits per heavy atom. The SMILES string of the molecule is O=CCC12COP(OC1)OC2.